The van der Waals surface area contributed by atoms with E-state index in [1.165, 1.54) is 0 Å². The molecule has 0 bridgehead atoms. The van der Waals surface area contributed by atoms with Gasteiger partial charge in [0.05, 0.1) is 5.36 Å². The summed E-state index contributed by atoms with van der Waals surface area (Å²) in [5.41, 5.74) is 2.92. The maximum absolute atomic E-state index is 12.2. The van der Waals surface area contributed by atoms with Crippen LogP contribution in [0.15, 0.2) is 106 Å². The molecule has 6 aromatic rings. The minimum absolute atomic E-state index is 0. The molecule has 7 heteroatoms. The van der Waals surface area contributed by atoms with Crippen molar-refractivity contribution in [2.24, 2.45) is 8.80 Å². The summed E-state index contributed by atoms with van der Waals surface area (Å²) >= 11 is 0. The fourth-order valence-electron chi connectivity index (χ4n) is 4.75. The molecule has 0 fully saturated rings. The summed E-state index contributed by atoms with van der Waals surface area (Å²) in [5.74, 6) is 0. The van der Waals surface area contributed by atoms with Crippen molar-refractivity contribution in [2.45, 2.75) is 26.2 Å². The topological polar surface area (TPSA) is 71.8 Å². The zero-order chi connectivity index (χ0) is 27.2. The average molecular weight is 723 g/mol. The first-order valence-corrected chi connectivity index (χ1v) is 14.0. The van der Waals surface area contributed by atoms with Crippen LogP contribution in [0.4, 0.5) is 0 Å². The standard InChI is InChI=1S/C22H17N2O2S.C11H8N.Pt/c1-22(2,3)15-8-9-16-17-10-13-6-4-5-7-14(13)11-18(17)20-21(19(16)12-15)24-27(25,26)23-20;1-2-6-10(7-3-1)11-8-4-5-9-12-11;/h4-11H,1-3H3;1-6,8-9H;/q2*-1;+2. The van der Waals surface area contributed by atoms with Crippen LogP contribution in [0.25, 0.3) is 43.6 Å². The second kappa shape index (κ2) is 10.7. The van der Waals surface area contributed by atoms with Crippen LogP contribution in [0.3, 0.4) is 0 Å². The van der Waals surface area contributed by atoms with E-state index in [0.29, 0.717) is 16.1 Å². The Morgan fingerprint density at radius 2 is 1.40 bits per heavy atom. The van der Waals surface area contributed by atoms with Crippen molar-refractivity contribution >= 4 is 42.5 Å². The smallest absolute Gasteiger partial charge is 0.305 e. The molecule has 1 aliphatic rings. The Morgan fingerprint density at radius 3 is 2.05 bits per heavy atom. The van der Waals surface area contributed by atoms with Crippen LogP contribution >= 0.6 is 0 Å². The fraction of sp³-hybridized carbons (Fsp3) is 0.121. The Morgan fingerprint density at radius 1 is 0.725 bits per heavy atom. The van der Waals surface area contributed by atoms with E-state index in [0.717, 1.165) is 43.8 Å². The van der Waals surface area contributed by atoms with E-state index in [1.54, 1.807) is 6.20 Å². The maximum atomic E-state index is 12.2. The number of rotatable bonds is 1. The molecule has 1 aliphatic heterocycles. The minimum Gasteiger partial charge on any atom is -0.305 e. The number of aromatic nitrogens is 1. The van der Waals surface area contributed by atoms with Crippen molar-refractivity contribution in [2.75, 3.05) is 0 Å². The van der Waals surface area contributed by atoms with E-state index in [-0.39, 0.29) is 26.5 Å². The first kappa shape index (κ1) is 27.8. The van der Waals surface area contributed by atoms with Gasteiger partial charge in [0.2, 0.25) is 0 Å². The third-order valence-corrected chi connectivity index (χ3v) is 7.54. The van der Waals surface area contributed by atoms with E-state index in [1.807, 2.05) is 72.8 Å². The molecule has 0 unspecified atom stereocenters. The van der Waals surface area contributed by atoms with Gasteiger partial charge in [-0.25, -0.2) is 0 Å². The van der Waals surface area contributed by atoms with Crippen LogP contribution in [0.1, 0.15) is 26.3 Å². The van der Waals surface area contributed by atoms with E-state index in [9.17, 15) is 8.42 Å². The summed E-state index contributed by atoms with van der Waals surface area (Å²) in [6.07, 6.45) is 1.79. The molecule has 0 aliphatic carbocycles. The van der Waals surface area contributed by atoms with Crippen molar-refractivity contribution in [1.29, 1.82) is 0 Å². The molecule has 0 radical (unpaired) electrons. The van der Waals surface area contributed by atoms with Crippen LogP contribution in [0.5, 0.6) is 0 Å². The van der Waals surface area contributed by atoms with E-state index in [2.05, 4.69) is 64.9 Å². The second-order valence-electron chi connectivity index (χ2n) is 10.5. The molecule has 1 aromatic heterocycles. The zero-order valence-corrected chi connectivity index (χ0v) is 25.2. The fourth-order valence-corrected chi connectivity index (χ4v) is 5.62. The molecule has 40 heavy (non-hydrogen) atoms. The summed E-state index contributed by atoms with van der Waals surface area (Å²) in [4.78, 5) is 4.22. The van der Waals surface area contributed by atoms with Crippen molar-refractivity contribution in [3.8, 4) is 11.3 Å². The minimum atomic E-state index is -3.86. The van der Waals surface area contributed by atoms with E-state index in [4.69, 9.17) is 0 Å². The van der Waals surface area contributed by atoms with Crippen LogP contribution in [-0.4, -0.2) is 13.4 Å². The number of hydrogen-bond donors (Lipinski definition) is 0. The van der Waals surface area contributed by atoms with Gasteiger partial charge >= 0.3 is 31.3 Å². The van der Waals surface area contributed by atoms with Gasteiger partial charge in [0.1, 0.15) is 0 Å². The molecular weight excluding hydrogens is 698 g/mol. The predicted octanol–water partition coefficient (Wildman–Crippen LogP) is 6.29. The van der Waals surface area contributed by atoms with Gasteiger partial charge in [-0.15, -0.1) is 65.0 Å². The zero-order valence-electron chi connectivity index (χ0n) is 22.1. The van der Waals surface area contributed by atoms with Crippen LogP contribution in [0.2, 0.25) is 0 Å². The largest absolute Gasteiger partial charge is 2.00 e. The van der Waals surface area contributed by atoms with Gasteiger partial charge in [-0.05, 0) is 39.4 Å². The van der Waals surface area contributed by atoms with Crippen LogP contribution < -0.4 is 10.7 Å². The van der Waals surface area contributed by atoms with E-state index >= 15 is 0 Å². The summed E-state index contributed by atoms with van der Waals surface area (Å²) < 4.78 is 32.2. The van der Waals surface area contributed by atoms with Crippen molar-refractivity contribution < 1.29 is 29.5 Å². The van der Waals surface area contributed by atoms with Gasteiger partial charge in [-0.1, -0.05) is 74.0 Å². The number of nitrogens with zero attached hydrogens (tertiary/aromatic N) is 3. The van der Waals surface area contributed by atoms with Gasteiger partial charge in [0.15, 0.2) is 0 Å². The normalized spacial score (nSPS) is 13.5. The molecule has 0 spiro atoms. The molecular formula is C33H25N3O2PtS. The van der Waals surface area contributed by atoms with E-state index < -0.39 is 10.2 Å². The van der Waals surface area contributed by atoms with Crippen LogP contribution in [-0.2, 0) is 36.7 Å². The van der Waals surface area contributed by atoms with Gasteiger partial charge in [0.25, 0.3) is 0 Å². The van der Waals surface area contributed by atoms with Gasteiger partial charge in [-0.3, -0.25) is 0 Å². The number of benzene rings is 5. The molecule has 0 atom stereocenters. The number of hydrogen-bond acceptors (Lipinski definition) is 3. The molecule has 5 aromatic carbocycles. The third kappa shape index (κ3) is 5.34. The Hall–Kier alpha value is -3.73. The molecule has 0 amide bonds. The predicted molar refractivity (Wildman–Crippen MR) is 156 cm³/mol. The Labute approximate surface area is 247 Å². The second-order valence-corrected chi connectivity index (χ2v) is 11.7. The number of fused-ring (bicyclic) bond motifs is 7. The SMILES string of the molecule is CC(C)(C)c1[c-]c2c3c(c4cc5ccccc5cc4c2cc1)=NS(=O)(=O)N=3.[Pt+2].[c-]1ccccc1-c1ccccn1. The van der Waals surface area contributed by atoms with Gasteiger partial charge in [0, 0.05) is 11.6 Å². The first-order valence-electron chi connectivity index (χ1n) is 12.6. The maximum Gasteiger partial charge on any atom is 2.00 e. The van der Waals surface area contributed by atoms with Gasteiger partial charge < -0.3 is 4.98 Å². The Kier molecular flexibility index (Phi) is 7.43. The molecule has 5 nitrogen and oxygen atoms in total. The Balaban J connectivity index is 0.000000209. The van der Waals surface area contributed by atoms with Crippen LogP contribution in [0, 0.1) is 12.1 Å². The molecule has 200 valence electrons. The van der Waals surface area contributed by atoms with Crippen molar-refractivity contribution in [1.82, 2.24) is 4.98 Å². The average Bonchev–Trinajstić information content (AvgIpc) is 3.28. The first-order chi connectivity index (χ1) is 18.7. The third-order valence-electron chi connectivity index (χ3n) is 6.71. The van der Waals surface area contributed by atoms with Crippen molar-refractivity contribution in [3.05, 3.63) is 126 Å². The molecule has 0 N–H and O–H groups in total. The summed E-state index contributed by atoms with van der Waals surface area (Å²) in [7, 11) is -3.86. The summed E-state index contributed by atoms with van der Waals surface area (Å²) in [6.45, 7) is 6.33. The molecule has 0 saturated carbocycles. The quantitative estimate of drug-likeness (QED) is 0.114. The van der Waals surface area contributed by atoms with Gasteiger partial charge in [-0.2, -0.15) is 17.2 Å². The molecule has 7 rings (SSSR count). The molecule has 0 saturated heterocycles. The molecule has 2 heterocycles. The Bertz CT molecular complexity index is 2070. The summed E-state index contributed by atoms with van der Waals surface area (Å²) in [5, 5.41) is 6.39. The monoisotopic (exact) mass is 722 g/mol. The number of pyridine rings is 1. The summed E-state index contributed by atoms with van der Waals surface area (Å²) in [6, 6.07) is 36.5. The van der Waals surface area contributed by atoms with Crippen molar-refractivity contribution in [3.63, 3.8) is 0 Å².